The van der Waals surface area contributed by atoms with E-state index in [1.807, 2.05) is 6.92 Å². The van der Waals surface area contributed by atoms with E-state index >= 15 is 0 Å². The minimum atomic E-state index is 0.00594. The predicted molar refractivity (Wildman–Crippen MR) is 77.1 cm³/mol. The third-order valence-corrected chi connectivity index (χ3v) is 3.36. The van der Waals surface area contributed by atoms with Crippen molar-refractivity contribution in [2.45, 2.75) is 13.3 Å². The monoisotopic (exact) mass is 294 g/mol. The molecule has 6 nitrogen and oxygen atoms in total. The molecule has 2 rings (SSSR count). The molecule has 20 heavy (non-hydrogen) atoms. The largest absolute Gasteiger partial charge is 0.492 e. The van der Waals surface area contributed by atoms with Gasteiger partial charge in [-0.3, -0.25) is 4.79 Å². The lowest BCUT2D eigenvalue weighted by atomic mass is 10.1. The minimum absolute atomic E-state index is 0.00594. The zero-order chi connectivity index (χ0) is 14.5. The van der Waals surface area contributed by atoms with Crippen molar-refractivity contribution >= 4 is 23.2 Å². The Morgan fingerprint density at radius 1 is 1.60 bits per heavy atom. The van der Waals surface area contributed by atoms with Crippen LogP contribution in [0.1, 0.15) is 13.3 Å². The van der Waals surface area contributed by atoms with Gasteiger partial charge in [0.15, 0.2) is 0 Å². The molecule has 1 atom stereocenters. The number of benzene rings is 1. The van der Waals surface area contributed by atoms with Crippen LogP contribution in [-0.4, -0.2) is 25.6 Å². The van der Waals surface area contributed by atoms with Crippen molar-refractivity contribution in [1.29, 1.82) is 0 Å². The molecule has 1 aromatic carbocycles. The minimum Gasteiger partial charge on any atom is -0.492 e. The SMILES string of the molecule is CCOc1cc(Cl)ccc1N1CC(CN=[N+]=[N-])CC1=O. The topological polar surface area (TPSA) is 78.3 Å². The number of hydrogen-bond acceptors (Lipinski definition) is 3. The van der Waals surface area contributed by atoms with Crippen molar-refractivity contribution in [3.63, 3.8) is 0 Å². The summed E-state index contributed by atoms with van der Waals surface area (Å²) >= 11 is 5.95. The molecule has 1 saturated heterocycles. The fraction of sp³-hybridized carbons (Fsp3) is 0.462. The number of amides is 1. The molecule has 1 aliphatic rings. The highest BCUT2D eigenvalue weighted by molar-refractivity contribution is 6.30. The lowest BCUT2D eigenvalue weighted by molar-refractivity contribution is -0.117. The fourth-order valence-corrected chi connectivity index (χ4v) is 2.43. The maximum atomic E-state index is 12.1. The third-order valence-electron chi connectivity index (χ3n) is 3.12. The van der Waals surface area contributed by atoms with Crippen molar-refractivity contribution in [2.24, 2.45) is 11.0 Å². The highest BCUT2D eigenvalue weighted by atomic mass is 35.5. The van der Waals surface area contributed by atoms with Gasteiger partial charge in [-0.1, -0.05) is 16.7 Å². The molecule has 0 spiro atoms. The first kappa shape index (κ1) is 14.5. The van der Waals surface area contributed by atoms with Crippen molar-refractivity contribution in [3.8, 4) is 5.75 Å². The molecule has 1 aliphatic heterocycles. The van der Waals surface area contributed by atoms with Gasteiger partial charge in [0.05, 0.1) is 12.3 Å². The van der Waals surface area contributed by atoms with E-state index in [0.717, 1.165) is 0 Å². The normalized spacial score (nSPS) is 18.0. The van der Waals surface area contributed by atoms with E-state index in [-0.39, 0.29) is 11.8 Å². The predicted octanol–water partition coefficient (Wildman–Crippen LogP) is 3.40. The second kappa shape index (κ2) is 6.50. The van der Waals surface area contributed by atoms with Crippen LogP contribution in [0.15, 0.2) is 23.3 Å². The summed E-state index contributed by atoms with van der Waals surface area (Å²) in [6, 6.07) is 5.21. The van der Waals surface area contributed by atoms with Gasteiger partial charge in [0.1, 0.15) is 5.75 Å². The molecule has 0 aromatic heterocycles. The number of rotatable bonds is 5. The van der Waals surface area contributed by atoms with Gasteiger partial charge in [-0.15, -0.1) is 0 Å². The van der Waals surface area contributed by atoms with Gasteiger partial charge in [0, 0.05) is 35.5 Å². The highest BCUT2D eigenvalue weighted by Gasteiger charge is 2.31. The molecule has 0 radical (unpaired) electrons. The first-order chi connectivity index (χ1) is 9.65. The lowest BCUT2D eigenvalue weighted by Crippen LogP contribution is -2.25. The standard InChI is InChI=1S/C13H15ClN4O2/c1-2-20-12-6-10(14)3-4-11(12)18-8-9(5-13(18)19)7-16-17-15/h3-4,6,9H,2,5,7-8H2,1H3. The molecule has 0 aliphatic carbocycles. The molecule has 1 aromatic rings. The average Bonchev–Trinajstić information content (AvgIpc) is 2.78. The zero-order valence-electron chi connectivity index (χ0n) is 11.1. The number of nitrogens with zero attached hydrogens (tertiary/aromatic N) is 4. The van der Waals surface area contributed by atoms with Crippen LogP contribution in [0, 0.1) is 5.92 Å². The van der Waals surface area contributed by atoms with Crippen LogP contribution in [-0.2, 0) is 4.79 Å². The van der Waals surface area contributed by atoms with Gasteiger partial charge in [-0.05, 0) is 30.5 Å². The number of carbonyl (C=O) groups excluding carboxylic acids is 1. The van der Waals surface area contributed by atoms with Gasteiger partial charge in [-0.2, -0.15) is 0 Å². The van der Waals surface area contributed by atoms with Crippen LogP contribution >= 0.6 is 11.6 Å². The van der Waals surface area contributed by atoms with Crippen molar-refractivity contribution in [3.05, 3.63) is 33.7 Å². The van der Waals surface area contributed by atoms with Crippen molar-refractivity contribution < 1.29 is 9.53 Å². The maximum Gasteiger partial charge on any atom is 0.227 e. The summed E-state index contributed by atoms with van der Waals surface area (Å²) < 4.78 is 5.53. The van der Waals surface area contributed by atoms with E-state index in [4.69, 9.17) is 21.9 Å². The second-order valence-corrected chi connectivity index (χ2v) is 4.97. The van der Waals surface area contributed by atoms with Crippen LogP contribution in [0.3, 0.4) is 0 Å². The van der Waals surface area contributed by atoms with Crippen molar-refractivity contribution in [2.75, 3.05) is 24.6 Å². The summed E-state index contributed by atoms with van der Waals surface area (Å²) in [5.41, 5.74) is 9.06. The summed E-state index contributed by atoms with van der Waals surface area (Å²) in [5.74, 6) is 0.646. The molecule has 0 bridgehead atoms. The Labute approximate surface area is 121 Å². The molecule has 1 unspecified atom stereocenters. The summed E-state index contributed by atoms with van der Waals surface area (Å²) in [6.45, 7) is 3.23. The Hall–Kier alpha value is -1.91. The molecule has 0 N–H and O–H groups in total. The smallest absolute Gasteiger partial charge is 0.227 e. The third kappa shape index (κ3) is 3.15. The summed E-state index contributed by atoms with van der Waals surface area (Å²) in [5, 5.41) is 4.10. The van der Waals surface area contributed by atoms with Gasteiger partial charge in [0.2, 0.25) is 5.91 Å². The van der Waals surface area contributed by atoms with Crippen LogP contribution in [0.2, 0.25) is 5.02 Å². The first-order valence-corrected chi connectivity index (χ1v) is 6.77. The van der Waals surface area contributed by atoms with Gasteiger partial charge in [0.25, 0.3) is 0 Å². The van der Waals surface area contributed by atoms with Crippen LogP contribution in [0.4, 0.5) is 5.69 Å². The molecule has 106 valence electrons. The Bertz CT molecular complexity index is 557. The first-order valence-electron chi connectivity index (χ1n) is 6.39. The number of ether oxygens (including phenoxy) is 1. The molecule has 1 fully saturated rings. The van der Waals surface area contributed by atoms with Crippen molar-refractivity contribution in [1.82, 2.24) is 0 Å². The van der Waals surface area contributed by atoms with E-state index < -0.39 is 0 Å². The molecule has 1 amide bonds. The number of hydrogen-bond donors (Lipinski definition) is 0. The van der Waals surface area contributed by atoms with Gasteiger partial charge < -0.3 is 9.64 Å². The van der Waals surface area contributed by atoms with Crippen LogP contribution in [0.5, 0.6) is 5.75 Å². The number of halogens is 1. The molecule has 1 heterocycles. The summed E-state index contributed by atoms with van der Waals surface area (Å²) in [7, 11) is 0. The zero-order valence-corrected chi connectivity index (χ0v) is 11.9. The molecular formula is C13H15ClN4O2. The van der Waals surface area contributed by atoms with Crippen LogP contribution in [0.25, 0.3) is 10.4 Å². The van der Waals surface area contributed by atoms with E-state index in [1.54, 1.807) is 23.1 Å². The molecule has 0 saturated carbocycles. The second-order valence-electron chi connectivity index (χ2n) is 4.53. The van der Waals surface area contributed by atoms with Gasteiger partial charge >= 0.3 is 0 Å². The maximum absolute atomic E-state index is 12.1. The molecular weight excluding hydrogens is 280 g/mol. The lowest BCUT2D eigenvalue weighted by Gasteiger charge is -2.20. The Morgan fingerprint density at radius 3 is 3.10 bits per heavy atom. The Kier molecular flexibility index (Phi) is 4.71. The number of carbonyl (C=O) groups is 1. The highest BCUT2D eigenvalue weighted by Crippen LogP contribution is 2.35. The van der Waals surface area contributed by atoms with Crippen LogP contribution < -0.4 is 9.64 Å². The fourth-order valence-electron chi connectivity index (χ4n) is 2.27. The quantitative estimate of drug-likeness (QED) is 0.474. The Balaban J connectivity index is 2.23. The van der Waals surface area contributed by atoms with Gasteiger partial charge in [-0.25, -0.2) is 0 Å². The Morgan fingerprint density at radius 2 is 2.40 bits per heavy atom. The summed E-state index contributed by atoms with van der Waals surface area (Å²) in [6.07, 6.45) is 0.382. The van der Waals surface area contributed by atoms with E-state index in [0.29, 0.717) is 42.6 Å². The molecule has 7 heteroatoms. The van der Waals surface area contributed by atoms with E-state index in [2.05, 4.69) is 10.0 Å². The number of azide groups is 1. The average molecular weight is 295 g/mol. The van der Waals surface area contributed by atoms with E-state index in [9.17, 15) is 4.79 Å². The summed E-state index contributed by atoms with van der Waals surface area (Å²) in [4.78, 5) is 16.5. The van der Waals surface area contributed by atoms with E-state index in [1.165, 1.54) is 0 Å². The number of anilines is 1.